The summed E-state index contributed by atoms with van der Waals surface area (Å²) in [6.07, 6.45) is 1.22. The van der Waals surface area contributed by atoms with Gasteiger partial charge < -0.3 is 25.4 Å². The zero-order valence-electron chi connectivity index (χ0n) is 25.0. The number of aliphatic hydroxyl groups excluding tert-OH is 1. The van der Waals surface area contributed by atoms with Crippen LogP contribution < -0.4 is 10.6 Å². The number of para-hydroxylation sites is 1. The van der Waals surface area contributed by atoms with Crippen molar-refractivity contribution in [2.45, 2.75) is 104 Å². The highest BCUT2D eigenvalue weighted by Crippen LogP contribution is 2.65. The quantitative estimate of drug-likeness (QED) is 0.461. The molecule has 3 saturated heterocycles. The third-order valence-electron chi connectivity index (χ3n) is 9.07. The van der Waals surface area contributed by atoms with Crippen LogP contribution in [0.3, 0.4) is 0 Å². The molecule has 3 fully saturated rings. The number of rotatable bonds is 8. The van der Waals surface area contributed by atoms with E-state index in [1.165, 1.54) is 0 Å². The lowest BCUT2D eigenvalue weighted by Gasteiger charge is -2.41. The van der Waals surface area contributed by atoms with E-state index in [0.717, 1.165) is 6.42 Å². The number of ether oxygens (including phenoxy) is 1. The average Bonchev–Trinajstić information content (AvgIpc) is 3.30. The zero-order chi connectivity index (χ0) is 29.1. The maximum Gasteiger partial charge on any atom is 0.246 e. The average molecular weight is 542 g/mol. The van der Waals surface area contributed by atoms with E-state index >= 15 is 0 Å². The fraction of sp³-hybridized carbons (Fsp3) is 0.710. The molecule has 0 saturated carbocycles. The van der Waals surface area contributed by atoms with Gasteiger partial charge in [-0.3, -0.25) is 14.4 Å². The molecule has 1 aromatic rings. The first kappa shape index (κ1) is 29.5. The minimum atomic E-state index is -1.16. The first-order valence-corrected chi connectivity index (χ1v) is 14.3. The Bertz CT molecular complexity index is 1110. The van der Waals surface area contributed by atoms with Crippen molar-refractivity contribution in [2.75, 3.05) is 11.9 Å². The highest BCUT2D eigenvalue weighted by molar-refractivity contribution is 6.02. The number of amides is 3. The highest BCUT2D eigenvalue weighted by atomic mass is 16.5. The second-order valence-electron chi connectivity index (χ2n) is 14.4. The van der Waals surface area contributed by atoms with Crippen molar-refractivity contribution in [1.82, 2.24) is 10.2 Å². The van der Waals surface area contributed by atoms with Crippen LogP contribution in [0.2, 0.25) is 0 Å². The number of benzene rings is 1. The molecular weight excluding hydrogens is 494 g/mol. The van der Waals surface area contributed by atoms with Crippen molar-refractivity contribution in [3.63, 3.8) is 0 Å². The number of carbonyl (C=O) groups is 3. The summed E-state index contributed by atoms with van der Waals surface area (Å²) in [4.78, 5) is 44.1. The van der Waals surface area contributed by atoms with Crippen LogP contribution in [0.15, 0.2) is 30.3 Å². The Labute approximate surface area is 233 Å². The van der Waals surface area contributed by atoms with E-state index in [1.807, 2.05) is 71.9 Å². The van der Waals surface area contributed by atoms with E-state index in [4.69, 9.17) is 4.74 Å². The molecule has 8 nitrogen and oxygen atoms in total. The molecule has 3 heterocycles. The summed E-state index contributed by atoms with van der Waals surface area (Å²) in [6, 6.07) is 7.65. The van der Waals surface area contributed by atoms with Crippen LogP contribution in [0, 0.1) is 29.1 Å². The van der Waals surface area contributed by atoms with Crippen LogP contribution in [-0.4, -0.2) is 63.2 Å². The van der Waals surface area contributed by atoms with Gasteiger partial charge in [0.05, 0.1) is 30.1 Å². The molecule has 1 aromatic carbocycles. The molecule has 8 heteroatoms. The summed E-state index contributed by atoms with van der Waals surface area (Å²) in [7, 11) is 0. The summed E-state index contributed by atoms with van der Waals surface area (Å²) < 4.78 is 6.81. The molecule has 1 spiro atoms. The summed E-state index contributed by atoms with van der Waals surface area (Å²) in [5, 5.41) is 16.6. The van der Waals surface area contributed by atoms with Crippen molar-refractivity contribution >= 4 is 23.4 Å². The van der Waals surface area contributed by atoms with E-state index in [-0.39, 0.29) is 41.6 Å². The predicted molar refractivity (Wildman–Crippen MR) is 151 cm³/mol. The van der Waals surface area contributed by atoms with Crippen molar-refractivity contribution in [1.29, 1.82) is 0 Å². The van der Waals surface area contributed by atoms with Gasteiger partial charge in [-0.25, -0.2) is 0 Å². The Kier molecular flexibility index (Phi) is 7.48. The molecule has 2 bridgehead atoms. The molecule has 39 heavy (non-hydrogen) atoms. The number of anilines is 1. The smallest absolute Gasteiger partial charge is 0.246 e. The summed E-state index contributed by atoms with van der Waals surface area (Å²) in [5.41, 5.74) is -1.99. The number of nitrogens with one attached hydrogen (secondary N) is 2. The van der Waals surface area contributed by atoms with Crippen LogP contribution in [0.4, 0.5) is 5.69 Å². The number of likely N-dealkylation sites (tertiary alicyclic amines) is 1. The molecule has 0 aliphatic carbocycles. The molecule has 0 aromatic heterocycles. The van der Waals surface area contributed by atoms with E-state index in [2.05, 4.69) is 31.4 Å². The number of aliphatic hydroxyl groups is 1. The fourth-order valence-corrected chi connectivity index (χ4v) is 7.87. The molecule has 3 N–H and O–H groups in total. The van der Waals surface area contributed by atoms with Gasteiger partial charge in [0.25, 0.3) is 0 Å². The van der Waals surface area contributed by atoms with Crippen molar-refractivity contribution in [2.24, 2.45) is 29.1 Å². The van der Waals surface area contributed by atoms with Crippen LogP contribution >= 0.6 is 0 Å². The van der Waals surface area contributed by atoms with E-state index in [9.17, 15) is 19.5 Å². The van der Waals surface area contributed by atoms with Gasteiger partial charge in [0.1, 0.15) is 11.6 Å². The second kappa shape index (κ2) is 9.88. The minimum absolute atomic E-state index is 0.0285. The van der Waals surface area contributed by atoms with Gasteiger partial charge in [0, 0.05) is 11.2 Å². The molecule has 3 aliphatic rings. The maximum absolute atomic E-state index is 14.4. The lowest BCUT2D eigenvalue weighted by Crippen LogP contribution is -2.62. The summed E-state index contributed by atoms with van der Waals surface area (Å²) in [6.45, 7) is 17.9. The van der Waals surface area contributed by atoms with Crippen LogP contribution in [0.5, 0.6) is 0 Å². The molecule has 216 valence electrons. The van der Waals surface area contributed by atoms with E-state index < -0.39 is 40.7 Å². The Morgan fingerprint density at radius 3 is 2.28 bits per heavy atom. The monoisotopic (exact) mass is 541 g/mol. The maximum atomic E-state index is 14.4. The minimum Gasteiger partial charge on any atom is -0.394 e. The van der Waals surface area contributed by atoms with Crippen LogP contribution in [0.25, 0.3) is 0 Å². The lowest BCUT2D eigenvalue weighted by molar-refractivity contribution is -0.151. The number of hydrogen-bond donors (Lipinski definition) is 3. The SMILES string of the molecule is CC(C)[C@H](CO)N1C(=O)[C@@H]2[C@H](C(=O)Nc3ccccc3)[C@@]3(C)OC2(CC3C)C1C(=O)NC(C)(C)CC(C)(C)C. The molecule has 7 atom stereocenters. The van der Waals surface area contributed by atoms with E-state index in [1.54, 1.807) is 4.90 Å². The number of hydrogen-bond acceptors (Lipinski definition) is 5. The third kappa shape index (κ3) is 4.99. The van der Waals surface area contributed by atoms with Gasteiger partial charge in [0.15, 0.2) is 0 Å². The van der Waals surface area contributed by atoms with Gasteiger partial charge >= 0.3 is 0 Å². The third-order valence-corrected chi connectivity index (χ3v) is 9.07. The Balaban J connectivity index is 1.78. The standard InChI is InChI=1S/C31H47N3O5/c1-18(2)21(16-35)34-24(26(37)33-29(7,8)17-28(4,5)6)31-15-19(3)30(9,39-31)22(23(31)27(34)38)25(36)32-20-13-11-10-12-14-20/h10-14,18-19,21-24,35H,15-17H2,1-9H3,(H,32,36)(H,33,37)/t19?,21-,22+,23-,24?,30-,31?/m0/s1. The summed E-state index contributed by atoms with van der Waals surface area (Å²) >= 11 is 0. The normalized spacial score (nSPS) is 32.9. The Morgan fingerprint density at radius 2 is 1.74 bits per heavy atom. The Morgan fingerprint density at radius 1 is 1.13 bits per heavy atom. The number of carbonyl (C=O) groups excluding carboxylic acids is 3. The van der Waals surface area contributed by atoms with Gasteiger partial charge in [-0.05, 0) is 63.0 Å². The first-order valence-electron chi connectivity index (χ1n) is 14.3. The molecule has 0 radical (unpaired) electrons. The largest absolute Gasteiger partial charge is 0.394 e. The van der Waals surface area contributed by atoms with E-state index in [0.29, 0.717) is 12.1 Å². The van der Waals surface area contributed by atoms with Crippen molar-refractivity contribution < 1.29 is 24.2 Å². The van der Waals surface area contributed by atoms with Crippen molar-refractivity contribution in [3.8, 4) is 0 Å². The van der Waals surface area contributed by atoms with Gasteiger partial charge in [-0.15, -0.1) is 0 Å². The summed E-state index contributed by atoms with van der Waals surface area (Å²) in [5.74, 6) is -2.62. The van der Waals surface area contributed by atoms with Gasteiger partial charge in [-0.1, -0.05) is 59.7 Å². The van der Waals surface area contributed by atoms with Gasteiger partial charge in [0.2, 0.25) is 17.7 Å². The number of fused-ring (bicyclic) bond motifs is 1. The molecule has 3 amide bonds. The molecule has 4 rings (SSSR count). The molecule has 3 unspecified atom stereocenters. The molecular formula is C31H47N3O5. The number of nitrogens with zero attached hydrogens (tertiary/aromatic N) is 1. The second-order valence-corrected chi connectivity index (χ2v) is 14.4. The van der Waals surface area contributed by atoms with Crippen molar-refractivity contribution in [3.05, 3.63) is 30.3 Å². The van der Waals surface area contributed by atoms with Crippen LogP contribution in [0.1, 0.15) is 75.2 Å². The van der Waals surface area contributed by atoms with Gasteiger partial charge in [-0.2, -0.15) is 0 Å². The first-order chi connectivity index (χ1) is 18.0. The zero-order valence-corrected chi connectivity index (χ0v) is 25.0. The Hall–Kier alpha value is -2.45. The fourth-order valence-electron chi connectivity index (χ4n) is 7.87. The van der Waals surface area contributed by atoms with Crippen LogP contribution in [-0.2, 0) is 19.1 Å². The highest BCUT2D eigenvalue weighted by Gasteiger charge is 2.80. The predicted octanol–water partition coefficient (Wildman–Crippen LogP) is 3.98. The molecule has 3 aliphatic heterocycles. The lowest BCUT2D eigenvalue weighted by atomic mass is 9.62. The topological polar surface area (TPSA) is 108 Å².